The van der Waals surface area contributed by atoms with Crippen molar-refractivity contribution in [2.75, 3.05) is 26.7 Å². The Kier molecular flexibility index (Phi) is 4.21. The SMILES string of the molecule is CCc1onc(C)c1C(=O)N1CCN(C)[C@H](c2nccn2C)C1. The molecule has 2 aromatic heterocycles. The van der Waals surface area contributed by atoms with E-state index in [-0.39, 0.29) is 11.9 Å². The molecule has 124 valence electrons. The summed E-state index contributed by atoms with van der Waals surface area (Å²) in [6.07, 6.45) is 4.39. The summed E-state index contributed by atoms with van der Waals surface area (Å²) in [4.78, 5) is 21.5. The zero-order chi connectivity index (χ0) is 16.6. The third kappa shape index (κ3) is 2.76. The number of nitrogens with zero attached hydrogens (tertiary/aromatic N) is 5. The van der Waals surface area contributed by atoms with Gasteiger partial charge in [0.25, 0.3) is 5.91 Å². The molecule has 1 atom stereocenters. The molecule has 23 heavy (non-hydrogen) atoms. The van der Waals surface area contributed by atoms with Crippen LogP contribution < -0.4 is 0 Å². The van der Waals surface area contributed by atoms with Crippen LogP contribution in [0.15, 0.2) is 16.9 Å². The highest BCUT2D eigenvalue weighted by Gasteiger charge is 2.33. The molecule has 0 saturated carbocycles. The summed E-state index contributed by atoms with van der Waals surface area (Å²) in [6, 6.07) is 0.0953. The number of hydrogen-bond donors (Lipinski definition) is 0. The van der Waals surface area contributed by atoms with Crippen molar-refractivity contribution in [3.05, 3.63) is 35.2 Å². The number of imidazole rings is 1. The van der Waals surface area contributed by atoms with Gasteiger partial charge in [-0.05, 0) is 14.0 Å². The summed E-state index contributed by atoms with van der Waals surface area (Å²) >= 11 is 0. The highest BCUT2D eigenvalue weighted by atomic mass is 16.5. The quantitative estimate of drug-likeness (QED) is 0.856. The number of amides is 1. The Bertz CT molecular complexity index is 705. The molecule has 1 amide bonds. The minimum absolute atomic E-state index is 0.00732. The molecule has 3 rings (SSSR count). The molecule has 0 aromatic carbocycles. The lowest BCUT2D eigenvalue weighted by Gasteiger charge is -2.39. The number of piperazine rings is 1. The first-order valence-corrected chi connectivity index (χ1v) is 7.94. The lowest BCUT2D eigenvalue weighted by atomic mass is 10.1. The molecular formula is C16H23N5O2. The van der Waals surface area contributed by atoms with Crippen LogP contribution >= 0.6 is 0 Å². The lowest BCUT2D eigenvalue weighted by molar-refractivity contribution is 0.0526. The van der Waals surface area contributed by atoms with Gasteiger partial charge in [0.05, 0.1) is 11.7 Å². The van der Waals surface area contributed by atoms with Crippen LogP contribution in [0.2, 0.25) is 0 Å². The minimum Gasteiger partial charge on any atom is -0.360 e. The van der Waals surface area contributed by atoms with Crippen LogP contribution in [-0.2, 0) is 13.5 Å². The molecule has 2 aromatic rings. The first-order valence-electron chi connectivity index (χ1n) is 7.94. The van der Waals surface area contributed by atoms with Gasteiger partial charge in [-0.3, -0.25) is 9.69 Å². The monoisotopic (exact) mass is 317 g/mol. The summed E-state index contributed by atoms with van der Waals surface area (Å²) in [5.74, 6) is 1.65. The molecule has 0 bridgehead atoms. The number of likely N-dealkylation sites (N-methyl/N-ethyl adjacent to an activating group) is 1. The van der Waals surface area contributed by atoms with Crippen LogP contribution in [0.25, 0.3) is 0 Å². The molecule has 0 spiro atoms. The zero-order valence-electron chi connectivity index (χ0n) is 14.1. The fraction of sp³-hybridized carbons (Fsp3) is 0.562. The van der Waals surface area contributed by atoms with E-state index in [2.05, 4.69) is 22.1 Å². The van der Waals surface area contributed by atoms with Crippen LogP contribution in [0.5, 0.6) is 0 Å². The Morgan fingerprint density at radius 1 is 1.39 bits per heavy atom. The number of hydrogen-bond acceptors (Lipinski definition) is 5. The van der Waals surface area contributed by atoms with Crippen molar-refractivity contribution in [3.63, 3.8) is 0 Å². The second-order valence-electron chi connectivity index (χ2n) is 6.06. The zero-order valence-corrected chi connectivity index (χ0v) is 14.1. The third-order valence-electron chi connectivity index (χ3n) is 4.56. The van der Waals surface area contributed by atoms with Crippen LogP contribution in [0, 0.1) is 6.92 Å². The van der Waals surface area contributed by atoms with E-state index in [0.29, 0.717) is 36.5 Å². The highest BCUT2D eigenvalue weighted by Crippen LogP contribution is 2.25. The largest absolute Gasteiger partial charge is 0.360 e. The Morgan fingerprint density at radius 2 is 2.17 bits per heavy atom. The van der Waals surface area contributed by atoms with Crippen molar-refractivity contribution < 1.29 is 9.32 Å². The van der Waals surface area contributed by atoms with Gasteiger partial charge in [0, 0.05) is 45.5 Å². The maximum Gasteiger partial charge on any atom is 0.259 e. The van der Waals surface area contributed by atoms with Gasteiger partial charge in [-0.25, -0.2) is 4.98 Å². The van der Waals surface area contributed by atoms with E-state index in [1.54, 1.807) is 6.20 Å². The van der Waals surface area contributed by atoms with Gasteiger partial charge in [-0.15, -0.1) is 0 Å². The maximum atomic E-state index is 12.9. The molecule has 3 heterocycles. The molecule has 7 heteroatoms. The van der Waals surface area contributed by atoms with Gasteiger partial charge < -0.3 is 14.0 Å². The second-order valence-corrected chi connectivity index (χ2v) is 6.06. The number of carbonyl (C=O) groups is 1. The van der Waals surface area contributed by atoms with Gasteiger partial charge in [0.1, 0.15) is 17.1 Å². The molecule has 0 unspecified atom stereocenters. The fourth-order valence-corrected chi connectivity index (χ4v) is 3.13. The van der Waals surface area contributed by atoms with E-state index in [1.807, 2.05) is 36.6 Å². The van der Waals surface area contributed by atoms with Crippen molar-refractivity contribution in [2.45, 2.75) is 26.3 Å². The first kappa shape index (κ1) is 15.7. The molecule has 0 aliphatic carbocycles. The third-order valence-corrected chi connectivity index (χ3v) is 4.56. The average Bonchev–Trinajstić information content (AvgIpc) is 3.12. The number of aromatic nitrogens is 3. The van der Waals surface area contributed by atoms with Crippen molar-refractivity contribution in [1.82, 2.24) is 24.5 Å². The van der Waals surface area contributed by atoms with E-state index in [9.17, 15) is 4.79 Å². The molecule has 1 aliphatic rings. The second kappa shape index (κ2) is 6.16. The molecule has 0 radical (unpaired) electrons. The summed E-state index contributed by atoms with van der Waals surface area (Å²) in [5.41, 5.74) is 1.29. The van der Waals surface area contributed by atoms with Gasteiger partial charge >= 0.3 is 0 Å². The van der Waals surface area contributed by atoms with E-state index in [4.69, 9.17) is 4.52 Å². The Hall–Kier alpha value is -2.15. The minimum atomic E-state index is 0.00732. The Balaban J connectivity index is 1.85. The van der Waals surface area contributed by atoms with E-state index in [1.165, 1.54) is 0 Å². The average molecular weight is 317 g/mol. The van der Waals surface area contributed by atoms with Crippen molar-refractivity contribution in [3.8, 4) is 0 Å². The lowest BCUT2D eigenvalue weighted by Crippen LogP contribution is -2.49. The highest BCUT2D eigenvalue weighted by molar-refractivity contribution is 5.96. The smallest absolute Gasteiger partial charge is 0.259 e. The summed E-state index contributed by atoms with van der Waals surface area (Å²) < 4.78 is 7.28. The fourth-order valence-electron chi connectivity index (χ4n) is 3.13. The normalized spacial score (nSPS) is 19.3. The van der Waals surface area contributed by atoms with Gasteiger partial charge in [-0.1, -0.05) is 12.1 Å². The predicted molar refractivity (Wildman–Crippen MR) is 85.1 cm³/mol. The predicted octanol–water partition coefficient (Wildman–Crippen LogP) is 1.41. The molecule has 1 saturated heterocycles. The topological polar surface area (TPSA) is 67.4 Å². The molecule has 1 aliphatic heterocycles. The maximum absolute atomic E-state index is 12.9. The van der Waals surface area contributed by atoms with Crippen LogP contribution in [-0.4, -0.2) is 57.1 Å². The Morgan fingerprint density at radius 3 is 2.83 bits per heavy atom. The Labute approximate surface area is 135 Å². The van der Waals surface area contributed by atoms with E-state index >= 15 is 0 Å². The van der Waals surface area contributed by atoms with E-state index in [0.717, 1.165) is 12.4 Å². The number of rotatable bonds is 3. The van der Waals surface area contributed by atoms with Gasteiger partial charge in [0.15, 0.2) is 0 Å². The van der Waals surface area contributed by atoms with Crippen LogP contribution in [0.4, 0.5) is 0 Å². The standard InChI is InChI=1S/C16H23N5O2/c1-5-13-14(11(2)18-23-13)16(22)21-9-8-19(3)12(10-21)15-17-6-7-20(15)4/h6-7,12H,5,8-10H2,1-4H3/t12-/m0/s1. The van der Waals surface area contributed by atoms with Gasteiger partial charge in [-0.2, -0.15) is 0 Å². The molecule has 7 nitrogen and oxygen atoms in total. The van der Waals surface area contributed by atoms with Crippen molar-refractivity contribution in [2.24, 2.45) is 7.05 Å². The number of carbonyl (C=O) groups excluding carboxylic acids is 1. The molecular weight excluding hydrogens is 294 g/mol. The first-order chi connectivity index (χ1) is 11.0. The van der Waals surface area contributed by atoms with E-state index < -0.39 is 0 Å². The molecule has 1 fully saturated rings. The van der Waals surface area contributed by atoms with Crippen LogP contribution in [0.1, 0.15) is 40.6 Å². The summed E-state index contributed by atoms with van der Waals surface area (Å²) in [5, 5.41) is 3.95. The van der Waals surface area contributed by atoms with Crippen molar-refractivity contribution >= 4 is 5.91 Å². The van der Waals surface area contributed by atoms with Crippen molar-refractivity contribution in [1.29, 1.82) is 0 Å². The number of aryl methyl sites for hydroxylation is 3. The summed E-state index contributed by atoms with van der Waals surface area (Å²) in [6.45, 7) is 5.92. The van der Waals surface area contributed by atoms with Crippen LogP contribution in [0.3, 0.4) is 0 Å². The summed E-state index contributed by atoms with van der Waals surface area (Å²) in [7, 11) is 4.06. The molecule has 0 N–H and O–H groups in total. The van der Waals surface area contributed by atoms with Gasteiger partial charge in [0.2, 0.25) is 0 Å².